The van der Waals surface area contributed by atoms with Crippen LogP contribution >= 0.6 is 15.9 Å². The Hall–Kier alpha value is -1.83. The number of rotatable bonds is 7. The predicted molar refractivity (Wildman–Crippen MR) is 79.8 cm³/mol. The fourth-order valence-electron chi connectivity index (χ4n) is 1.83. The molecule has 0 fully saturated rings. The number of hydrogen-bond donors (Lipinski definition) is 3. The van der Waals surface area contributed by atoms with Gasteiger partial charge in [0.15, 0.2) is 0 Å². The molecule has 0 aliphatic rings. The number of carboxylic acid groups (broad SMARTS) is 1. The highest BCUT2D eigenvalue weighted by Gasteiger charge is 2.23. The molecule has 1 rings (SSSR count). The molecule has 2 amide bonds. The van der Waals surface area contributed by atoms with Gasteiger partial charge in [-0.25, -0.2) is 4.79 Å². The minimum atomic E-state index is -1.20. The number of hydrogen-bond acceptors (Lipinski definition) is 3. The first-order chi connectivity index (χ1) is 9.72. The first kappa shape index (κ1) is 17.2. The van der Waals surface area contributed by atoms with E-state index in [4.69, 9.17) is 10.8 Å². The monoisotopic (exact) mass is 359 g/mol. The second-order valence-corrected chi connectivity index (χ2v) is 5.83. The molecule has 0 saturated carbocycles. The van der Waals surface area contributed by atoms with Crippen LogP contribution in [0.25, 0.3) is 0 Å². The van der Waals surface area contributed by atoms with Crippen LogP contribution < -0.4 is 11.1 Å². The van der Waals surface area contributed by atoms with E-state index in [9.17, 15) is 14.4 Å². The third-order valence-electron chi connectivity index (χ3n) is 2.89. The second kappa shape index (κ2) is 7.26. The van der Waals surface area contributed by atoms with Crippen molar-refractivity contribution >= 4 is 33.7 Å². The average molecular weight is 360 g/mol. The largest absolute Gasteiger partial charge is 0.480 e. The molecule has 0 bridgehead atoms. The van der Waals surface area contributed by atoms with Crippen molar-refractivity contribution in [2.24, 2.45) is 5.73 Å². The van der Waals surface area contributed by atoms with Crippen molar-refractivity contribution in [1.29, 1.82) is 0 Å². The van der Waals surface area contributed by atoms with Gasteiger partial charge in [-0.1, -0.05) is 0 Å². The molecule has 1 heterocycles. The number of nitrogens with one attached hydrogen (secondary N) is 1. The van der Waals surface area contributed by atoms with Crippen molar-refractivity contribution in [3.05, 3.63) is 22.4 Å². The van der Waals surface area contributed by atoms with Crippen LogP contribution in [0.3, 0.4) is 0 Å². The van der Waals surface area contributed by atoms with E-state index < -0.39 is 23.8 Å². The highest BCUT2D eigenvalue weighted by Crippen LogP contribution is 2.19. The molecule has 8 heteroatoms. The Morgan fingerprint density at radius 2 is 2.05 bits per heavy atom. The maximum atomic E-state index is 12.2. The van der Waals surface area contributed by atoms with Gasteiger partial charge in [0.1, 0.15) is 11.7 Å². The number of nitrogens with zero attached hydrogens (tertiary/aromatic N) is 1. The van der Waals surface area contributed by atoms with Gasteiger partial charge in [-0.2, -0.15) is 0 Å². The van der Waals surface area contributed by atoms with Crippen molar-refractivity contribution in [2.75, 3.05) is 0 Å². The predicted octanol–water partition coefficient (Wildman–Crippen LogP) is 1.28. The minimum absolute atomic E-state index is 0.0417. The molecule has 0 aliphatic carbocycles. The fourth-order valence-corrected chi connectivity index (χ4v) is 2.27. The molecule has 7 nitrogen and oxygen atoms in total. The number of aromatic nitrogens is 1. The van der Waals surface area contributed by atoms with Crippen LogP contribution in [-0.4, -0.2) is 33.5 Å². The first-order valence-corrected chi connectivity index (χ1v) is 7.21. The number of carbonyl (C=O) groups excluding carboxylic acids is 2. The van der Waals surface area contributed by atoms with Crippen LogP contribution in [0.4, 0.5) is 0 Å². The Balaban J connectivity index is 2.87. The molecule has 1 unspecified atom stereocenters. The molecule has 0 aromatic carbocycles. The Bertz CT molecular complexity index is 554. The van der Waals surface area contributed by atoms with Crippen LogP contribution in [-0.2, 0) is 9.59 Å². The average Bonchev–Trinajstić information content (AvgIpc) is 2.76. The Morgan fingerprint density at radius 3 is 2.52 bits per heavy atom. The lowest BCUT2D eigenvalue weighted by atomic mass is 10.1. The molecule has 0 aliphatic heterocycles. The fraction of sp³-hybridized carbons (Fsp3) is 0.462. The second-order valence-electron chi connectivity index (χ2n) is 4.91. The number of carboxylic acids is 1. The summed E-state index contributed by atoms with van der Waals surface area (Å²) in [5, 5.41) is 11.5. The van der Waals surface area contributed by atoms with Crippen LogP contribution in [0.2, 0.25) is 0 Å². The van der Waals surface area contributed by atoms with E-state index in [-0.39, 0.29) is 18.9 Å². The van der Waals surface area contributed by atoms with Crippen molar-refractivity contribution in [3.8, 4) is 0 Å². The summed E-state index contributed by atoms with van der Waals surface area (Å²) >= 11 is 3.29. The summed E-state index contributed by atoms with van der Waals surface area (Å²) in [6.45, 7) is 3.82. The summed E-state index contributed by atoms with van der Waals surface area (Å²) in [6.07, 6.45) is 1.60. The number of amides is 2. The first-order valence-electron chi connectivity index (χ1n) is 6.41. The normalized spacial score (nSPS) is 12.2. The summed E-state index contributed by atoms with van der Waals surface area (Å²) in [6, 6.07) is 0.507. The van der Waals surface area contributed by atoms with Crippen LogP contribution in [0, 0.1) is 0 Å². The Kier molecular flexibility index (Phi) is 5.95. The van der Waals surface area contributed by atoms with Crippen LogP contribution in [0.15, 0.2) is 16.7 Å². The quantitative estimate of drug-likeness (QED) is 0.679. The molecule has 21 heavy (non-hydrogen) atoms. The van der Waals surface area contributed by atoms with E-state index >= 15 is 0 Å². The van der Waals surface area contributed by atoms with Gasteiger partial charge in [-0.15, -0.1) is 0 Å². The van der Waals surface area contributed by atoms with Gasteiger partial charge in [0.2, 0.25) is 5.91 Å². The summed E-state index contributed by atoms with van der Waals surface area (Å²) in [5.41, 5.74) is 5.34. The molecule has 0 saturated heterocycles. The molecule has 1 atom stereocenters. The summed E-state index contributed by atoms with van der Waals surface area (Å²) in [4.78, 5) is 34.1. The molecule has 1 aromatic heterocycles. The van der Waals surface area contributed by atoms with Gasteiger partial charge in [0.25, 0.3) is 5.91 Å². The molecular formula is C13H18BrN3O4. The topological polar surface area (TPSA) is 114 Å². The number of halogens is 1. The smallest absolute Gasteiger partial charge is 0.326 e. The van der Waals surface area contributed by atoms with Gasteiger partial charge >= 0.3 is 5.97 Å². The molecule has 0 spiro atoms. The van der Waals surface area contributed by atoms with Crippen molar-refractivity contribution in [3.63, 3.8) is 0 Å². The zero-order valence-corrected chi connectivity index (χ0v) is 13.4. The third-order valence-corrected chi connectivity index (χ3v) is 3.32. The lowest BCUT2D eigenvalue weighted by molar-refractivity contribution is -0.139. The van der Waals surface area contributed by atoms with Gasteiger partial charge in [-0.3, -0.25) is 9.59 Å². The molecule has 4 N–H and O–H groups in total. The molecule has 0 radical (unpaired) electrons. The van der Waals surface area contributed by atoms with E-state index in [1.54, 1.807) is 16.8 Å². The zero-order chi connectivity index (χ0) is 16.2. The molecular weight excluding hydrogens is 342 g/mol. The molecule has 1 aromatic rings. The Labute approximate surface area is 130 Å². The van der Waals surface area contributed by atoms with Gasteiger partial charge in [0.05, 0.1) is 0 Å². The maximum Gasteiger partial charge on any atom is 0.326 e. The van der Waals surface area contributed by atoms with Gasteiger partial charge in [-0.05, 0) is 42.3 Å². The summed E-state index contributed by atoms with van der Waals surface area (Å²) in [5.74, 6) is -2.32. The van der Waals surface area contributed by atoms with Crippen LogP contribution in [0.1, 0.15) is 43.2 Å². The van der Waals surface area contributed by atoms with E-state index in [0.717, 1.165) is 4.47 Å². The number of aliphatic carboxylic acids is 1. The minimum Gasteiger partial charge on any atom is -0.480 e. The van der Waals surface area contributed by atoms with Crippen molar-refractivity contribution in [2.45, 2.75) is 38.8 Å². The van der Waals surface area contributed by atoms with E-state index in [2.05, 4.69) is 21.2 Å². The zero-order valence-electron chi connectivity index (χ0n) is 11.8. The highest BCUT2D eigenvalue weighted by atomic mass is 79.9. The van der Waals surface area contributed by atoms with Crippen molar-refractivity contribution < 1.29 is 19.5 Å². The lowest BCUT2D eigenvalue weighted by Crippen LogP contribution is -2.42. The standard InChI is InChI=1S/C13H18BrN3O4/c1-7(2)17-6-8(14)5-10(17)12(19)16-9(13(20)21)3-4-11(15)18/h5-7,9H,3-4H2,1-2H3,(H2,15,18)(H,16,19)(H,20,21). The maximum absolute atomic E-state index is 12.2. The lowest BCUT2D eigenvalue weighted by Gasteiger charge is -2.16. The van der Waals surface area contributed by atoms with E-state index in [1.165, 1.54) is 0 Å². The van der Waals surface area contributed by atoms with Gasteiger partial charge < -0.3 is 20.7 Å². The third kappa shape index (κ3) is 4.89. The number of nitrogens with two attached hydrogens (primary N) is 1. The Morgan fingerprint density at radius 1 is 1.43 bits per heavy atom. The highest BCUT2D eigenvalue weighted by molar-refractivity contribution is 9.10. The molecule has 116 valence electrons. The van der Waals surface area contributed by atoms with Crippen LogP contribution in [0.5, 0.6) is 0 Å². The van der Waals surface area contributed by atoms with E-state index in [0.29, 0.717) is 5.69 Å². The number of carbonyl (C=O) groups is 3. The SMILES string of the molecule is CC(C)n1cc(Br)cc1C(=O)NC(CCC(N)=O)C(=O)O. The summed E-state index contributed by atoms with van der Waals surface area (Å²) < 4.78 is 2.46. The van der Waals surface area contributed by atoms with Gasteiger partial charge in [0, 0.05) is 23.1 Å². The number of primary amides is 1. The summed E-state index contributed by atoms with van der Waals surface area (Å²) in [7, 11) is 0. The van der Waals surface area contributed by atoms with E-state index in [1.807, 2.05) is 13.8 Å². The van der Waals surface area contributed by atoms with Crippen molar-refractivity contribution in [1.82, 2.24) is 9.88 Å².